The number of hydrogen-bond donors (Lipinski definition) is 1. The number of anilines is 2. The Kier molecular flexibility index (Phi) is 5.20. The molecular weight excluding hydrogens is 322 g/mol. The number of hydrazone groups is 1. The SMILES string of the molecule is Cc1cc(N2CCOCC2)ccc1/C=N\Nc1ccc([N+](=O)[O-])cn1. The van der Waals surface area contributed by atoms with Crippen molar-refractivity contribution in [2.45, 2.75) is 6.92 Å². The van der Waals surface area contributed by atoms with Gasteiger partial charge >= 0.3 is 0 Å². The topological polar surface area (TPSA) is 92.9 Å². The van der Waals surface area contributed by atoms with Gasteiger partial charge in [0.25, 0.3) is 5.69 Å². The fourth-order valence-electron chi connectivity index (χ4n) is 2.55. The van der Waals surface area contributed by atoms with Crippen LogP contribution in [0.4, 0.5) is 17.2 Å². The van der Waals surface area contributed by atoms with Crippen LogP contribution < -0.4 is 10.3 Å². The van der Waals surface area contributed by atoms with E-state index >= 15 is 0 Å². The van der Waals surface area contributed by atoms with Crippen molar-refractivity contribution < 1.29 is 9.66 Å². The Labute approximate surface area is 145 Å². The van der Waals surface area contributed by atoms with Gasteiger partial charge in [-0.25, -0.2) is 4.98 Å². The lowest BCUT2D eigenvalue weighted by molar-refractivity contribution is -0.385. The quantitative estimate of drug-likeness (QED) is 0.510. The average Bonchev–Trinajstić information content (AvgIpc) is 2.64. The fourth-order valence-corrected chi connectivity index (χ4v) is 2.55. The number of nitrogens with one attached hydrogen (secondary N) is 1. The van der Waals surface area contributed by atoms with Gasteiger partial charge in [0.05, 0.1) is 24.4 Å². The summed E-state index contributed by atoms with van der Waals surface area (Å²) in [5, 5.41) is 14.7. The Morgan fingerprint density at radius 3 is 2.76 bits per heavy atom. The van der Waals surface area contributed by atoms with Crippen molar-refractivity contribution in [1.29, 1.82) is 0 Å². The van der Waals surface area contributed by atoms with Crippen molar-refractivity contribution in [2.24, 2.45) is 5.10 Å². The maximum atomic E-state index is 10.6. The van der Waals surface area contributed by atoms with E-state index in [2.05, 4.69) is 32.5 Å². The third kappa shape index (κ3) is 4.30. The van der Waals surface area contributed by atoms with E-state index in [1.807, 2.05) is 13.0 Å². The van der Waals surface area contributed by atoms with E-state index in [1.54, 1.807) is 6.21 Å². The van der Waals surface area contributed by atoms with Crippen LogP contribution in [0.15, 0.2) is 41.6 Å². The molecule has 0 saturated carbocycles. The number of benzene rings is 1. The molecule has 2 aromatic rings. The predicted molar refractivity (Wildman–Crippen MR) is 96.3 cm³/mol. The summed E-state index contributed by atoms with van der Waals surface area (Å²) in [6, 6.07) is 9.13. The fraction of sp³-hybridized carbons (Fsp3) is 0.294. The van der Waals surface area contributed by atoms with Crippen molar-refractivity contribution in [3.05, 3.63) is 57.8 Å². The number of aromatic nitrogens is 1. The summed E-state index contributed by atoms with van der Waals surface area (Å²) < 4.78 is 5.38. The summed E-state index contributed by atoms with van der Waals surface area (Å²) in [5.74, 6) is 0.449. The first kappa shape index (κ1) is 16.8. The second kappa shape index (κ2) is 7.71. The smallest absolute Gasteiger partial charge is 0.287 e. The van der Waals surface area contributed by atoms with E-state index in [1.165, 1.54) is 24.0 Å². The Balaban J connectivity index is 1.63. The molecule has 0 aliphatic carbocycles. The molecule has 0 amide bonds. The second-order valence-electron chi connectivity index (χ2n) is 5.67. The molecule has 1 aliphatic heterocycles. The number of ether oxygens (including phenoxy) is 1. The first-order valence-corrected chi connectivity index (χ1v) is 7.96. The highest BCUT2D eigenvalue weighted by molar-refractivity contribution is 5.83. The standard InChI is InChI=1S/C17H19N5O3/c1-13-10-15(21-6-8-25-9-7-21)3-2-14(13)11-19-20-17-5-4-16(12-18-17)22(23)24/h2-5,10-12H,6-9H2,1H3,(H,18,20)/b19-11-. The van der Waals surface area contributed by atoms with E-state index < -0.39 is 4.92 Å². The van der Waals surface area contributed by atoms with Gasteiger partial charge in [0.1, 0.15) is 12.0 Å². The maximum absolute atomic E-state index is 10.6. The molecule has 0 radical (unpaired) electrons. The summed E-state index contributed by atoms with van der Waals surface area (Å²) in [7, 11) is 0. The first-order chi connectivity index (χ1) is 12.1. The van der Waals surface area contributed by atoms with Crippen LogP contribution in [0.25, 0.3) is 0 Å². The highest BCUT2D eigenvalue weighted by Crippen LogP contribution is 2.19. The van der Waals surface area contributed by atoms with Crippen molar-refractivity contribution >= 4 is 23.4 Å². The summed E-state index contributed by atoms with van der Waals surface area (Å²) in [5.41, 5.74) is 6.01. The zero-order valence-corrected chi connectivity index (χ0v) is 13.9. The number of nitrogens with zero attached hydrogens (tertiary/aromatic N) is 4. The molecular formula is C17H19N5O3. The second-order valence-corrected chi connectivity index (χ2v) is 5.67. The normalized spacial score (nSPS) is 14.7. The van der Waals surface area contributed by atoms with E-state index in [0.29, 0.717) is 5.82 Å². The van der Waals surface area contributed by atoms with Crippen LogP contribution in [-0.2, 0) is 4.74 Å². The van der Waals surface area contributed by atoms with Crippen molar-refractivity contribution in [3.8, 4) is 0 Å². The molecule has 1 aromatic carbocycles. The molecule has 130 valence electrons. The lowest BCUT2D eigenvalue weighted by atomic mass is 10.1. The summed E-state index contributed by atoms with van der Waals surface area (Å²) in [6.45, 7) is 5.36. The predicted octanol–water partition coefficient (Wildman–Crippen LogP) is 2.58. The van der Waals surface area contributed by atoms with Gasteiger partial charge in [0, 0.05) is 24.8 Å². The molecule has 0 bridgehead atoms. The van der Waals surface area contributed by atoms with Crippen molar-refractivity contribution in [2.75, 3.05) is 36.6 Å². The minimum Gasteiger partial charge on any atom is -0.378 e. The van der Waals surface area contributed by atoms with Gasteiger partial charge < -0.3 is 9.64 Å². The van der Waals surface area contributed by atoms with Crippen LogP contribution in [0.1, 0.15) is 11.1 Å². The molecule has 0 unspecified atom stereocenters. The summed E-state index contributed by atoms with van der Waals surface area (Å²) >= 11 is 0. The van der Waals surface area contributed by atoms with Crippen molar-refractivity contribution in [1.82, 2.24) is 4.98 Å². The molecule has 1 saturated heterocycles. The Morgan fingerprint density at radius 2 is 2.12 bits per heavy atom. The average molecular weight is 341 g/mol. The molecule has 1 aromatic heterocycles. The Hall–Kier alpha value is -3.00. The number of rotatable bonds is 5. The number of morpholine rings is 1. The van der Waals surface area contributed by atoms with Crippen LogP contribution in [0.5, 0.6) is 0 Å². The molecule has 2 heterocycles. The van der Waals surface area contributed by atoms with Gasteiger partial charge in [-0.3, -0.25) is 15.5 Å². The largest absolute Gasteiger partial charge is 0.378 e. The molecule has 1 aliphatic rings. The molecule has 8 heteroatoms. The monoisotopic (exact) mass is 341 g/mol. The van der Waals surface area contributed by atoms with Gasteiger partial charge in [-0.15, -0.1) is 0 Å². The van der Waals surface area contributed by atoms with E-state index in [9.17, 15) is 10.1 Å². The maximum Gasteiger partial charge on any atom is 0.287 e. The number of hydrogen-bond acceptors (Lipinski definition) is 7. The molecule has 3 rings (SSSR count). The lowest BCUT2D eigenvalue weighted by Gasteiger charge is -2.29. The van der Waals surface area contributed by atoms with E-state index in [4.69, 9.17) is 4.74 Å². The third-order valence-electron chi connectivity index (χ3n) is 3.97. The van der Waals surface area contributed by atoms with E-state index in [-0.39, 0.29) is 5.69 Å². The van der Waals surface area contributed by atoms with Crippen LogP contribution in [0.3, 0.4) is 0 Å². The van der Waals surface area contributed by atoms with Gasteiger partial charge in [-0.05, 0) is 36.2 Å². The van der Waals surface area contributed by atoms with Gasteiger partial charge in [0.2, 0.25) is 0 Å². The minimum atomic E-state index is -0.487. The summed E-state index contributed by atoms with van der Waals surface area (Å²) in [6.07, 6.45) is 2.90. The minimum absolute atomic E-state index is 0.0518. The highest BCUT2D eigenvalue weighted by Gasteiger charge is 2.11. The molecule has 0 spiro atoms. The van der Waals surface area contributed by atoms with Crippen LogP contribution in [-0.4, -0.2) is 42.4 Å². The number of pyridine rings is 1. The molecule has 25 heavy (non-hydrogen) atoms. The zero-order valence-electron chi connectivity index (χ0n) is 13.9. The molecule has 0 atom stereocenters. The molecule has 1 fully saturated rings. The third-order valence-corrected chi connectivity index (χ3v) is 3.97. The number of nitro groups is 1. The van der Waals surface area contributed by atoms with Crippen LogP contribution >= 0.6 is 0 Å². The lowest BCUT2D eigenvalue weighted by Crippen LogP contribution is -2.36. The van der Waals surface area contributed by atoms with Crippen LogP contribution in [0, 0.1) is 17.0 Å². The highest BCUT2D eigenvalue weighted by atomic mass is 16.6. The van der Waals surface area contributed by atoms with Gasteiger partial charge in [-0.2, -0.15) is 5.10 Å². The molecule has 1 N–H and O–H groups in total. The zero-order chi connectivity index (χ0) is 17.6. The summed E-state index contributed by atoms with van der Waals surface area (Å²) in [4.78, 5) is 16.4. The van der Waals surface area contributed by atoms with E-state index in [0.717, 1.165) is 37.4 Å². The first-order valence-electron chi connectivity index (χ1n) is 7.96. The Morgan fingerprint density at radius 1 is 1.32 bits per heavy atom. The van der Waals surface area contributed by atoms with Crippen molar-refractivity contribution in [3.63, 3.8) is 0 Å². The molecule has 8 nitrogen and oxygen atoms in total. The van der Waals surface area contributed by atoms with Crippen LogP contribution in [0.2, 0.25) is 0 Å². The van der Waals surface area contributed by atoms with Gasteiger partial charge in [0.15, 0.2) is 0 Å². The number of aryl methyl sites for hydroxylation is 1. The Bertz CT molecular complexity index is 770. The van der Waals surface area contributed by atoms with Gasteiger partial charge in [-0.1, -0.05) is 6.07 Å².